The summed E-state index contributed by atoms with van der Waals surface area (Å²) in [7, 11) is -2.16. The molecular formula is C21H24Cl2N2O4S. The van der Waals surface area contributed by atoms with Gasteiger partial charge in [-0.1, -0.05) is 35.3 Å². The number of halogens is 2. The molecule has 162 valence electrons. The zero-order valence-electron chi connectivity index (χ0n) is 16.8. The number of nitrogens with one attached hydrogen (secondary N) is 1. The SMILES string of the molecule is COc1ccc([C@@H](C)NC(=O)C2CCN(S(=O)(=O)c3cc(Cl)ccc3Cl)CC2)cc1. The van der Waals surface area contributed by atoms with Crippen LogP contribution in [-0.4, -0.2) is 38.8 Å². The molecule has 0 bridgehead atoms. The van der Waals surface area contributed by atoms with E-state index in [0.717, 1.165) is 11.3 Å². The lowest BCUT2D eigenvalue weighted by atomic mass is 9.96. The van der Waals surface area contributed by atoms with Crippen LogP contribution in [0.4, 0.5) is 0 Å². The zero-order chi connectivity index (χ0) is 21.9. The van der Waals surface area contributed by atoms with Gasteiger partial charge in [0.15, 0.2) is 0 Å². The second kappa shape index (κ2) is 9.56. The van der Waals surface area contributed by atoms with Gasteiger partial charge in [-0.25, -0.2) is 8.42 Å². The molecule has 6 nitrogen and oxygen atoms in total. The van der Waals surface area contributed by atoms with Gasteiger partial charge < -0.3 is 10.1 Å². The Morgan fingerprint density at radius 1 is 1.13 bits per heavy atom. The Morgan fingerprint density at radius 3 is 2.37 bits per heavy atom. The predicted molar refractivity (Wildman–Crippen MR) is 117 cm³/mol. The number of benzene rings is 2. The molecule has 2 aromatic carbocycles. The molecule has 9 heteroatoms. The molecule has 1 heterocycles. The van der Waals surface area contributed by atoms with Crippen LogP contribution in [0.5, 0.6) is 5.75 Å². The number of sulfonamides is 1. The third kappa shape index (κ3) is 5.09. The summed E-state index contributed by atoms with van der Waals surface area (Å²) in [6, 6.07) is 11.7. The van der Waals surface area contributed by atoms with Gasteiger partial charge >= 0.3 is 0 Å². The summed E-state index contributed by atoms with van der Waals surface area (Å²) >= 11 is 12.0. The number of methoxy groups -OCH3 is 1. The number of ether oxygens (including phenoxy) is 1. The number of amides is 1. The average Bonchev–Trinajstić information content (AvgIpc) is 2.75. The van der Waals surface area contributed by atoms with E-state index < -0.39 is 10.0 Å². The standard InChI is InChI=1S/C21H24Cl2N2O4S/c1-14(15-3-6-18(29-2)7-4-15)24-21(26)16-9-11-25(12-10-16)30(27,28)20-13-17(22)5-8-19(20)23/h3-8,13-14,16H,9-12H2,1-2H3,(H,24,26)/t14-/m1/s1. The van der Waals surface area contributed by atoms with Crippen molar-refractivity contribution in [1.29, 1.82) is 0 Å². The topological polar surface area (TPSA) is 75.7 Å². The molecule has 0 aliphatic carbocycles. The van der Waals surface area contributed by atoms with Crippen LogP contribution >= 0.6 is 23.2 Å². The van der Waals surface area contributed by atoms with Crippen molar-refractivity contribution < 1.29 is 17.9 Å². The number of hydrogen-bond donors (Lipinski definition) is 1. The summed E-state index contributed by atoms with van der Waals surface area (Å²) in [5, 5.41) is 3.46. The van der Waals surface area contributed by atoms with Crippen molar-refractivity contribution in [2.45, 2.75) is 30.7 Å². The van der Waals surface area contributed by atoms with Gasteiger partial charge in [0.25, 0.3) is 0 Å². The number of carbonyl (C=O) groups excluding carboxylic acids is 1. The van der Waals surface area contributed by atoms with Crippen LogP contribution < -0.4 is 10.1 Å². The Hall–Kier alpha value is -1.80. The first-order chi connectivity index (χ1) is 14.2. The minimum atomic E-state index is -3.76. The fourth-order valence-corrected chi connectivity index (χ4v) is 5.69. The maximum Gasteiger partial charge on any atom is 0.244 e. The van der Waals surface area contributed by atoms with E-state index in [9.17, 15) is 13.2 Å². The number of carbonyl (C=O) groups is 1. The summed E-state index contributed by atoms with van der Waals surface area (Å²) in [5.74, 6) is 0.439. The molecule has 1 atom stereocenters. The summed E-state index contributed by atoms with van der Waals surface area (Å²) in [5.41, 5.74) is 0.972. The van der Waals surface area contributed by atoms with Crippen LogP contribution in [0.2, 0.25) is 10.0 Å². The number of piperidine rings is 1. The minimum absolute atomic E-state index is 0.00676. The molecule has 0 unspecified atom stereocenters. The van der Waals surface area contributed by atoms with E-state index in [-0.39, 0.29) is 40.9 Å². The van der Waals surface area contributed by atoms with Gasteiger partial charge in [-0.2, -0.15) is 4.31 Å². The largest absolute Gasteiger partial charge is 0.497 e. The van der Waals surface area contributed by atoms with Gasteiger partial charge in [0.05, 0.1) is 18.2 Å². The maximum atomic E-state index is 12.9. The first-order valence-electron chi connectivity index (χ1n) is 9.62. The molecule has 0 aromatic heterocycles. The average molecular weight is 471 g/mol. The Bertz CT molecular complexity index is 1000. The monoisotopic (exact) mass is 470 g/mol. The first kappa shape index (κ1) is 22.9. The van der Waals surface area contributed by atoms with Crippen molar-refractivity contribution in [3.05, 3.63) is 58.1 Å². The Morgan fingerprint density at radius 2 is 1.77 bits per heavy atom. The van der Waals surface area contributed by atoms with Crippen molar-refractivity contribution in [2.24, 2.45) is 5.92 Å². The highest BCUT2D eigenvalue weighted by atomic mass is 35.5. The lowest BCUT2D eigenvalue weighted by Crippen LogP contribution is -2.43. The zero-order valence-corrected chi connectivity index (χ0v) is 19.1. The number of hydrogen-bond acceptors (Lipinski definition) is 4. The number of rotatable bonds is 6. The Balaban J connectivity index is 1.60. The van der Waals surface area contributed by atoms with E-state index in [1.807, 2.05) is 31.2 Å². The van der Waals surface area contributed by atoms with E-state index in [2.05, 4.69) is 5.32 Å². The van der Waals surface area contributed by atoms with Gasteiger partial charge in [-0.05, 0) is 55.7 Å². The third-order valence-corrected chi connectivity index (χ3v) is 7.93. The summed E-state index contributed by atoms with van der Waals surface area (Å²) in [6.07, 6.45) is 0.886. The van der Waals surface area contributed by atoms with Crippen LogP contribution in [0, 0.1) is 5.92 Å². The van der Waals surface area contributed by atoms with E-state index in [1.165, 1.54) is 16.4 Å². The van der Waals surface area contributed by atoms with Gasteiger partial charge in [0.2, 0.25) is 15.9 Å². The van der Waals surface area contributed by atoms with E-state index in [0.29, 0.717) is 17.9 Å². The highest BCUT2D eigenvalue weighted by Gasteiger charge is 2.33. The lowest BCUT2D eigenvalue weighted by Gasteiger charge is -2.31. The quantitative estimate of drug-likeness (QED) is 0.683. The highest BCUT2D eigenvalue weighted by Crippen LogP contribution is 2.30. The van der Waals surface area contributed by atoms with Crippen molar-refractivity contribution >= 4 is 39.1 Å². The first-order valence-corrected chi connectivity index (χ1v) is 11.8. The summed E-state index contributed by atoms with van der Waals surface area (Å²) < 4.78 is 32.4. The second-order valence-electron chi connectivity index (χ2n) is 7.26. The molecule has 0 saturated carbocycles. The predicted octanol–water partition coefficient (Wildman–Crippen LogP) is 4.28. The molecule has 1 fully saturated rings. The Kier molecular flexibility index (Phi) is 7.29. The highest BCUT2D eigenvalue weighted by molar-refractivity contribution is 7.89. The molecule has 0 radical (unpaired) electrons. The van der Waals surface area contributed by atoms with Gasteiger partial charge in [-0.3, -0.25) is 4.79 Å². The van der Waals surface area contributed by atoms with Crippen molar-refractivity contribution in [1.82, 2.24) is 9.62 Å². The third-order valence-electron chi connectivity index (χ3n) is 5.31. The smallest absolute Gasteiger partial charge is 0.244 e. The van der Waals surface area contributed by atoms with Crippen LogP contribution in [0.15, 0.2) is 47.4 Å². The van der Waals surface area contributed by atoms with E-state index in [4.69, 9.17) is 27.9 Å². The van der Waals surface area contributed by atoms with Crippen molar-refractivity contribution in [3.63, 3.8) is 0 Å². The van der Waals surface area contributed by atoms with E-state index >= 15 is 0 Å². The summed E-state index contributed by atoms with van der Waals surface area (Å²) in [4.78, 5) is 12.7. The molecule has 2 aromatic rings. The maximum absolute atomic E-state index is 12.9. The molecule has 1 aliphatic heterocycles. The molecule has 0 spiro atoms. The molecule has 1 amide bonds. The van der Waals surface area contributed by atoms with Crippen LogP contribution in [0.25, 0.3) is 0 Å². The van der Waals surface area contributed by atoms with Gasteiger partial charge in [0, 0.05) is 24.0 Å². The number of nitrogens with zero attached hydrogens (tertiary/aromatic N) is 1. The second-order valence-corrected chi connectivity index (χ2v) is 10.0. The minimum Gasteiger partial charge on any atom is -0.497 e. The van der Waals surface area contributed by atoms with Gasteiger partial charge in [-0.15, -0.1) is 0 Å². The molecule has 3 rings (SSSR count). The fourth-order valence-electron chi connectivity index (χ4n) is 3.48. The van der Waals surface area contributed by atoms with E-state index in [1.54, 1.807) is 13.2 Å². The Labute approximate surface area is 187 Å². The van der Waals surface area contributed by atoms with Crippen LogP contribution in [0.1, 0.15) is 31.4 Å². The molecule has 30 heavy (non-hydrogen) atoms. The van der Waals surface area contributed by atoms with Gasteiger partial charge in [0.1, 0.15) is 10.6 Å². The normalized spacial score (nSPS) is 16.8. The molecule has 1 saturated heterocycles. The van der Waals surface area contributed by atoms with Crippen molar-refractivity contribution in [2.75, 3.05) is 20.2 Å². The fraction of sp³-hybridized carbons (Fsp3) is 0.381. The summed E-state index contributed by atoms with van der Waals surface area (Å²) in [6.45, 7) is 2.42. The lowest BCUT2D eigenvalue weighted by molar-refractivity contribution is -0.126. The molecule has 1 aliphatic rings. The molecular weight excluding hydrogens is 447 g/mol. The van der Waals surface area contributed by atoms with Crippen LogP contribution in [-0.2, 0) is 14.8 Å². The van der Waals surface area contributed by atoms with Crippen LogP contribution in [0.3, 0.4) is 0 Å². The van der Waals surface area contributed by atoms with Crippen molar-refractivity contribution in [3.8, 4) is 5.75 Å². The molecule has 1 N–H and O–H groups in total.